The molecule has 1 aliphatic heterocycles. The molecule has 0 aromatic heterocycles. The minimum absolute atomic E-state index is 0.0631. The van der Waals surface area contributed by atoms with Crippen molar-refractivity contribution in [3.05, 3.63) is 17.4 Å². The third-order valence-corrected chi connectivity index (χ3v) is 4.05. The summed E-state index contributed by atoms with van der Waals surface area (Å²) in [5, 5.41) is 0. The van der Waals surface area contributed by atoms with Crippen LogP contribution in [0.2, 0.25) is 0 Å². The molecule has 0 saturated heterocycles. The number of ether oxygens (including phenoxy) is 1. The van der Waals surface area contributed by atoms with Crippen LogP contribution in [0.3, 0.4) is 0 Å². The molecule has 17 heavy (non-hydrogen) atoms. The summed E-state index contributed by atoms with van der Waals surface area (Å²) in [6.45, 7) is 4.98. The number of carbonyl (C=O) groups excluding carboxylic acids is 1. The Kier molecular flexibility index (Phi) is 3.73. The minimum atomic E-state index is -0.0631. The van der Waals surface area contributed by atoms with Gasteiger partial charge >= 0.3 is 5.97 Å². The van der Waals surface area contributed by atoms with Gasteiger partial charge in [-0.2, -0.15) is 0 Å². The van der Waals surface area contributed by atoms with Crippen molar-refractivity contribution in [3.8, 4) is 0 Å². The molecule has 0 aromatic carbocycles. The monoisotopic (exact) mass is 234 g/mol. The summed E-state index contributed by atoms with van der Waals surface area (Å²) < 4.78 is 5.35. The number of rotatable bonds is 0. The van der Waals surface area contributed by atoms with E-state index in [1.165, 1.54) is 24.8 Å². The van der Waals surface area contributed by atoms with Gasteiger partial charge in [0.2, 0.25) is 0 Å². The summed E-state index contributed by atoms with van der Waals surface area (Å²) in [5.41, 5.74) is 4.84. The van der Waals surface area contributed by atoms with Crippen LogP contribution in [0.5, 0.6) is 0 Å². The Hall–Kier alpha value is -1.01. The maximum absolute atomic E-state index is 11.5. The summed E-state index contributed by atoms with van der Waals surface area (Å²) in [4.78, 5) is 11.5. The molecule has 2 unspecified atom stereocenters. The molecule has 0 spiro atoms. The SMILES string of the molecule is CC1=C=CCCC(=O)OCC2(C)CC2CCC1. The number of carbonyl (C=O) groups is 1. The van der Waals surface area contributed by atoms with Crippen molar-refractivity contribution in [2.24, 2.45) is 11.3 Å². The van der Waals surface area contributed by atoms with Crippen LogP contribution in [0.4, 0.5) is 0 Å². The van der Waals surface area contributed by atoms with E-state index in [1.54, 1.807) is 0 Å². The van der Waals surface area contributed by atoms with E-state index in [2.05, 4.69) is 19.6 Å². The Bertz CT molecular complexity index is 363. The number of hydrogen-bond acceptors (Lipinski definition) is 2. The lowest BCUT2D eigenvalue weighted by atomic mass is 10.0. The predicted molar refractivity (Wildman–Crippen MR) is 67.5 cm³/mol. The van der Waals surface area contributed by atoms with Gasteiger partial charge in [0.1, 0.15) is 0 Å². The van der Waals surface area contributed by atoms with Gasteiger partial charge in [-0.3, -0.25) is 4.79 Å². The molecule has 2 heteroatoms. The number of esters is 1. The number of allylic oxidation sites excluding steroid dienone is 1. The highest BCUT2D eigenvalue weighted by atomic mass is 16.5. The third kappa shape index (κ3) is 3.47. The molecule has 0 amide bonds. The average Bonchev–Trinajstić information content (AvgIpc) is 2.93. The van der Waals surface area contributed by atoms with Gasteiger partial charge in [0.15, 0.2) is 0 Å². The van der Waals surface area contributed by atoms with Crippen molar-refractivity contribution < 1.29 is 9.53 Å². The molecular weight excluding hydrogens is 212 g/mol. The van der Waals surface area contributed by atoms with Gasteiger partial charge < -0.3 is 4.74 Å². The van der Waals surface area contributed by atoms with Gasteiger partial charge in [-0.15, -0.1) is 5.73 Å². The smallest absolute Gasteiger partial charge is 0.306 e. The zero-order chi connectivity index (χ0) is 12.3. The van der Waals surface area contributed by atoms with Gasteiger partial charge in [0, 0.05) is 11.8 Å². The van der Waals surface area contributed by atoms with Crippen molar-refractivity contribution in [2.75, 3.05) is 6.61 Å². The molecule has 1 fully saturated rings. The first kappa shape index (κ1) is 12.4. The van der Waals surface area contributed by atoms with Crippen LogP contribution in [0.15, 0.2) is 17.4 Å². The first-order valence-electron chi connectivity index (χ1n) is 6.66. The highest BCUT2D eigenvalue weighted by Crippen LogP contribution is 2.55. The van der Waals surface area contributed by atoms with E-state index >= 15 is 0 Å². The maximum atomic E-state index is 11.5. The van der Waals surface area contributed by atoms with Crippen LogP contribution in [0, 0.1) is 11.3 Å². The van der Waals surface area contributed by atoms with E-state index in [0.29, 0.717) is 13.0 Å². The lowest BCUT2D eigenvalue weighted by molar-refractivity contribution is -0.145. The third-order valence-electron chi connectivity index (χ3n) is 4.05. The summed E-state index contributed by atoms with van der Waals surface area (Å²) in [6, 6.07) is 0. The summed E-state index contributed by atoms with van der Waals surface area (Å²) in [5.74, 6) is 0.694. The lowest BCUT2D eigenvalue weighted by Gasteiger charge is -2.11. The molecule has 0 N–H and O–H groups in total. The van der Waals surface area contributed by atoms with E-state index in [-0.39, 0.29) is 11.4 Å². The van der Waals surface area contributed by atoms with Crippen molar-refractivity contribution >= 4 is 5.97 Å². The van der Waals surface area contributed by atoms with Crippen LogP contribution in [-0.4, -0.2) is 12.6 Å². The Morgan fingerprint density at radius 3 is 3.12 bits per heavy atom. The van der Waals surface area contributed by atoms with E-state index in [9.17, 15) is 4.79 Å². The predicted octanol–water partition coefficient (Wildman–Crippen LogP) is 3.62. The summed E-state index contributed by atoms with van der Waals surface area (Å²) in [7, 11) is 0. The van der Waals surface area contributed by atoms with Crippen LogP contribution in [0.25, 0.3) is 0 Å². The van der Waals surface area contributed by atoms with Crippen LogP contribution in [0.1, 0.15) is 52.4 Å². The minimum Gasteiger partial charge on any atom is -0.465 e. The Balaban J connectivity index is 1.96. The molecule has 2 atom stereocenters. The molecule has 0 radical (unpaired) electrons. The zero-order valence-corrected chi connectivity index (χ0v) is 10.9. The first-order valence-corrected chi connectivity index (χ1v) is 6.66. The fraction of sp³-hybridized carbons (Fsp3) is 0.733. The normalized spacial score (nSPS) is 34.6. The van der Waals surface area contributed by atoms with Crippen LogP contribution >= 0.6 is 0 Å². The molecule has 0 bridgehead atoms. The highest BCUT2D eigenvalue weighted by Gasteiger charge is 2.50. The molecule has 2 aliphatic rings. The Morgan fingerprint density at radius 2 is 2.29 bits per heavy atom. The van der Waals surface area contributed by atoms with Crippen LogP contribution < -0.4 is 0 Å². The summed E-state index contributed by atoms with van der Waals surface area (Å²) >= 11 is 0. The molecule has 0 aromatic rings. The zero-order valence-electron chi connectivity index (χ0n) is 10.9. The lowest BCUT2D eigenvalue weighted by Crippen LogP contribution is -2.14. The molecule has 2 rings (SSSR count). The molecule has 1 saturated carbocycles. The number of cyclic esters (lactones) is 1. The molecule has 1 aliphatic carbocycles. The number of hydrogen-bond donors (Lipinski definition) is 0. The summed E-state index contributed by atoms with van der Waals surface area (Å²) in [6.07, 6.45) is 8.05. The largest absolute Gasteiger partial charge is 0.465 e. The maximum Gasteiger partial charge on any atom is 0.306 e. The van der Waals surface area contributed by atoms with Gasteiger partial charge in [0.05, 0.1) is 6.61 Å². The Morgan fingerprint density at radius 1 is 1.47 bits per heavy atom. The van der Waals surface area contributed by atoms with Gasteiger partial charge in [0.25, 0.3) is 0 Å². The van der Waals surface area contributed by atoms with Crippen molar-refractivity contribution in [3.63, 3.8) is 0 Å². The number of fused-ring (bicyclic) bond motifs is 1. The fourth-order valence-electron chi connectivity index (χ4n) is 2.57. The van der Waals surface area contributed by atoms with Crippen molar-refractivity contribution in [1.29, 1.82) is 0 Å². The Labute approximate surface area is 104 Å². The molecular formula is C15H22O2. The fourth-order valence-corrected chi connectivity index (χ4v) is 2.57. The highest BCUT2D eigenvalue weighted by molar-refractivity contribution is 5.69. The first-order chi connectivity index (χ1) is 8.10. The quantitative estimate of drug-likeness (QED) is 0.472. The second-order valence-electron chi connectivity index (χ2n) is 5.78. The second-order valence-corrected chi connectivity index (χ2v) is 5.78. The molecule has 1 heterocycles. The van der Waals surface area contributed by atoms with E-state index < -0.39 is 0 Å². The van der Waals surface area contributed by atoms with Crippen molar-refractivity contribution in [2.45, 2.75) is 52.4 Å². The average molecular weight is 234 g/mol. The van der Waals surface area contributed by atoms with E-state index in [0.717, 1.165) is 18.8 Å². The van der Waals surface area contributed by atoms with Gasteiger partial charge in [-0.1, -0.05) is 6.92 Å². The molecule has 94 valence electrons. The van der Waals surface area contributed by atoms with E-state index in [1.807, 2.05) is 6.08 Å². The van der Waals surface area contributed by atoms with Gasteiger partial charge in [-0.25, -0.2) is 0 Å². The topological polar surface area (TPSA) is 26.3 Å². The van der Waals surface area contributed by atoms with E-state index in [4.69, 9.17) is 4.74 Å². The van der Waals surface area contributed by atoms with Gasteiger partial charge in [-0.05, 0) is 56.6 Å². The molecule has 2 nitrogen and oxygen atoms in total. The standard InChI is InChI=1S/C15H22O2/c1-12-6-3-4-9-14(16)17-11-15(2)10-13(15)8-5-7-12/h3,13H,4-5,7-11H2,1-2H3. The second kappa shape index (κ2) is 5.10. The van der Waals surface area contributed by atoms with Crippen LogP contribution in [-0.2, 0) is 9.53 Å². The van der Waals surface area contributed by atoms with Crippen molar-refractivity contribution in [1.82, 2.24) is 0 Å².